The molecule has 210 valence electrons. The number of aromatic nitrogens is 1. The molecule has 4 heteroatoms. The first kappa shape index (κ1) is 25.8. The van der Waals surface area contributed by atoms with Crippen molar-refractivity contribution in [3.63, 3.8) is 0 Å². The molecule has 8 rings (SSSR count). The summed E-state index contributed by atoms with van der Waals surface area (Å²) in [5, 5.41) is 2.26. The predicted molar refractivity (Wildman–Crippen MR) is 179 cm³/mol. The fraction of sp³-hybridized carbons (Fsp3) is 0.0250. The summed E-state index contributed by atoms with van der Waals surface area (Å²) >= 11 is 0. The highest BCUT2D eigenvalue weighted by Crippen LogP contribution is 2.50. The zero-order chi connectivity index (χ0) is 29.5. The van der Waals surface area contributed by atoms with Crippen LogP contribution in [0, 0.1) is 6.92 Å². The van der Waals surface area contributed by atoms with E-state index in [1.54, 1.807) is 0 Å². The van der Waals surface area contributed by atoms with Crippen LogP contribution in [0.5, 0.6) is 23.0 Å². The van der Waals surface area contributed by atoms with Crippen molar-refractivity contribution in [2.75, 3.05) is 4.90 Å². The monoisotopic (exact) mass is 568 g/mol. The molecule has 0 unspecified atom stereocenters. The molecule has 4 nitrogen and oxygen atoms in total. The first-order valence-corrected chi connectivity index (χ1v) is 14.7. The van der Waals surface area contributed by atoms with E-state index < -0.39 is 0 Å². The highest BCUT2D eigenvalue weighted by Gasteiger charge is 2.25. The summed E-state index contributed by atoms with van der Waals surface area (Å²) in [5.41, 5.74) is 8.12. The molecule has 1 aromatic heterocycles. The highest BCUT2D eigenvalue weighted by atomic mass is 16.5. The number of para-hydroxylation sites is 4. The smallest absolute Gasteiger partial charge is 0.151 e. The van der Waals surface area contributed by atoms with Crippen molar-refractivity contribution in [2.45, 2.75) is 6.92 Å². The van der Waals surface area contributed by atoms with Gasteiger partial charge in [0.15, 0.2) is 11.5 Å². The zero-order valence-electron chi connectivity index (χ0n) is 24.1. The number of hydrogen-bond acceptors (Lipinski definition) is 4. The van der Waals surface area contributed by atoms with E-state index in [4.69, 9.17) is 14.5 Å². The summed E-state index contributed by atoms with van der Waals surface area (Å²) in [6.45, 7) is 2.12. The standard InChI is InChI=1S/C40H28N2O2/c1-27-22-23-32(26-34(27)40-33-17-6-5-14-29(33)24-35(41-40)28-12-3-2-4-13-28)43-31-16-11-15-30(25-31)42-36-18-7-9-20-38(36)44-39-21-10-8-19-37(39)42/h2-26H,1H3. The maximum absolute atomic E-state index is 6.54. The molecule has 0 spiro atoms. The highest BCUT2D eigenvalue weighted by molar-refractivity contribution is 5.97. The molecule has 0 fully saturated rings. The van der Waals surface area contributed by atoms with E-state index in [1.807, 2.05) is 72.8 Å². The van der Waals surface area contributed by atoms with Crippen LogP contribution >= 0.6 is 0 Å². The van der Waals surface area contributed by atoms with E-state index in [1.165, 1.54) is 0 Å². The van der Waals surface area contributed by atoms with Crippen LogP contribution in [0.15, 0.2) is 152 Å². The van der Waals surface area contributed by atoms with E-state index in [2.05, 4.69) is 90.7 Å². The van der Waals surface area contributed by atoms with Gasteiger partial charge < -0.3 is 14.4 Å². The second-order valence-electron chi connectivity index (χ2n) is 10.9. The van der Waals surface area contributed by atoms with Gasteiger partial charge in [-0.25, -0.2) is 4.98 Å². The molecule has 0 amide bonds. The van der Waals surface area contributed by atoms with E-state index in [0.29, 0.717) is 0 Å². The van der Waals surface area contributed by atoms with Crippen LogP contribution < -0.4 is 14.4 Å². The molecule has 0 atom stereocenters. The second-order valence-corrected chi connectivity index (χ2v) is 10.9. The van der Waals surface area contributed by atoms with Crippen LogP contribution in [-0.2, 0) is 0 Å². The topological polar surface area (TPSA) is 34.6 Å². The summed E-state index contributed by atoms with van der Waals surface area (Å²) in [5.74, 6) is 3.13. The Bertz CT molecular complexity index is 2110. The third-order valence-corrected chi connectivity index (χ3v) is 8.02. The third-order valence-electron chi connectivity index (χ3n) is 8.02. The van der Waals surface area contributed by atoms with Gasteiger partial charge in [0, 0.05) is 22.6 Å². The van der Waals surface area contributed by atoms with Crippen LogP contribution in [0.1, 0.15) is 5.56 Å². The number of hydrogen-bond donors (Lipinski definition) is 0. The Labute approximate surface area is 256 Å². The molecular weight excluding hydrogens is 540 g/mol. The first-order valence-electron chi connectivity index (χ1n) is 14.7. The van der Waals surface area contributed by atoms with Crippen molar-refractivity contribution >= 4 is 27.8 Å². The third kappa shape index (κ3) is 4.63. The number of ether oxygens (including phenoxy) is 2. The molecule has 0 radical (unpaired) electrons. The van der Waals surface area contributed by atoms with Gasteiger partial charge in [-0.1, -0.05) is 91.0 Å². The zero-order valence-corrected chi connectivity index (χ0v) is 24.1. The van der Waals surface area contributed by atoms with Crippen molar-refractivity contribution in [1.82, 2.24) is 4.98 Å². The van der Waals surface area contributed by atoms with Crippen molar-refractivity contribution in [1.29, 1.82) is 0 Å². The minimum absolute atomic E-state index is 0.745. The number of benzene rings is 6. The lowest BCUT2D eigenvalue weighted by Crippen LogP contribution is -2.15. The maximum atomic E-state index is 6.54. The maximum Gasteiger partial charge on any atom is 0.151 e. The average molecular weight is 569 g/mol. The summed E-state index contributed by atoms with van der Waals surface area (Å²) in [7, 11) is 0. The fourth-order valence-corrected chi connectivity index (χ4v) is 5.89. The number of pyridine rings is 1. The lowest BCUT2D eigenvalue weighted by atomic mass is 9.98. The fourth-order valence-electron chi connectivity index (χ4n) is 5.89. The summed E-state index contributed by atoms with van der Waals surface area (Å²) in [6, 6.07) is 51.5. The van der Waals surface area contributed by atoms with E-state index in [-0.39, 0.29) is 0 Å². The Morgan fingerprint density at radius 3 is 2.07 bits per heavy atom. The van der Waals surface area contributed by atoms with Crippen LogP contribution in [-0.4, -0.2) is 4.98 Å². The Morgan fingerprint density at radius 1 is 0.591 bits per heavy atom. The van der Waals surface area contributed by atoms with Gasteiger partial charge in [-0.3, -0.25) is 0 Å². The van der Waals surface area contributed by atoms with Gasteiger partial charge in [-0.15, -0.1) is 0 Å². The van der Waals surface area contributed by atoms with Gasteiger partial charge in [0.1, 0.15) is 11.5 Å². The molecule has 2 heterocycles. The number of aryl methyl sites for hydroxylation is 1. The van der Waals surface area contributed by atoms with Crippen molar-refractivity contribution in [3.05, 3.63) is 157 Å². The van der Waals surface area contributed by atoms with Gasteiger partial charge >= 0.3 is 0 Å². The summed E-state index contributed by atoms with van der Waals surface area (Å²) in [6.07, 6.45) is 0. The Balaban J connectivity index is 1.19. The Hall–Kier alpha value is -5.87. The molecule has 7 aromatic rings. The van der Waals surface area contributed by atoms with Crippen molar-refractivity contribution in [3.8, 4) is 45.5 Å². The number of fused-ring (bicyclic) bond motifs is 3. The largest absolute Gasteiger partial charge is 0.457 e. The van der Waals surface area contributed by atoms with Gasteiger partial charge in [0.25, 0.3) is 0 Å². The number of rotatable bonds is 5. The van der Waals surface area contributed by atoms with Crippen LogP contribution in [0.25, 0.3) is 33.3 Å². The predicted octanol–water partition coefficient (Wildman–Crippen LogP) is 11.2. The summed E-state index contributed by atoms with van der Waals surface area (Å²) < 4.78 is 12.8. The van der Waals surface area contributed by atoms with Gasteiger partial charge in [0.05, 0.1) is 28.5 Å². The Morgan fingerprint density at radius 2 is 1.27 bits per heavy atom. The van der Waals surface area contributed by atoms with E-state index in [0.717, 1.165) is 78.9 Å². The lowest BCUT2D eigenvalue weighted by molar-refractivity contribution is 0.476. The van der Waals surface area contributed by atoms with Crippen molar-refractivity contribution in [2.24, 2.45) is 0 Å². The molecule has 1 aliphatic rings. The average Bonchev–Trinajstić information content (AvgIpc) is 3.08. The summed E-state index contributed by atoms with van der Waals surface area (Å²) in [4.78, 5) is 7.41. The lowest BCUT2D eigenvalue weighted by Gasteiger charge is -2.32. The quantitative estimate of drug-likeness (QED) is 0.207. The van der Waals surface area contributed by atoms with Crippen LogP contribution in [0.3, 0.4) is 0 Å². The molecule has 0 aliphatic carbocycles. The molecule has 0 saturated heterocycles. The Kier molecular flexibility index (Phi) is 6.31. The number of nitrogens with zero attached hydrogens (tertiary/aromatic N) is 2. The SMILES string of the molecule is Cc1ccc(Oc2cccc(N3c4ccccc4Oc4ccccc43)c2)cc1-c1nc(-c2ccccc2)cc2ccccc12. The van der Waals surface area contributed by atoms with Gasteiger partial charge in [-0.05, 0) is 72.5 Å². The van der Waals surface area contributed by atoms with E-state index in [9.17, 15) is 0 Å². The second kappa shape index (κ2) is 10.8. The first-order chi connectivity index (χ1) is 21.7. The van der Waals surface area contributed by atoms with Crippen LogP contribution in [0.2, 0.25) is 0 Å². The van der Waals surface area contributed by atoms with Gasteiger partial charge in [-0.2, -0.15) is 0 Å². The minimum atomic E-state index is 0.745. The minimum Gasteiger partial charge on any atom is -0.457 e. The molecule has 44 heavy (non-hydrogen) atoms. The molecule has 0 bridgehead atoms. The van der Waals surface area contributed by atoms with Crippen molar-refractivity contribution < 1.29 is 9.47 Å². The normalized spacial score (nSPS) is 11.9. The molecule has 1 aliphatic heterocycles. The molecule has 6 aromatic carbocycles. The molecule has 0 saturated carbocycles. The molecular formula is C40H28N2O2. The van der Waals surface area contributed by atoms with Crippen LogP contribution in [0.4, 0.5) is 17.1 Å². The van der Waals surface area contributed by atoms with E-state index >= 15 is 0 Å². The van der Waals surface area contributed by atoms with Gasteiger partial charge in [0.2, 0.25) is 0 Å². The number of anilines is 3. The molecule has 0 N–H and O–H groups in total.